The molecule has 1 unspecified atom stereocenters. The minimum atomic E-state index is 0.125. The smallest absolute Gasteiger partial charge is 0.0534 e. The van der Waals surface area contributed by atoms with Crippen molar-refractivity contribution in [3.05, 3.63) is 35.4 Å². The van der Waals surface area contributed by atoms with Crippen molar-refractivity contribution in [1.29, 1.82) is 0 Å². The molecule has 18 heavy (non-hydrogen) atoms. The lowest BCUT2D eigenvalue weighted by atomic mass is 9.84. The van der Waals surface area contributed by atoms with Gasteiger partial charge in [-0.1, -0.05) is 44.9 Å². The number of benzene rings is 1. The van der Waals surface area contributed by atoms with E-state index in [1.54, 1.807) is 0 Å². The molecule has 1 heterocycles. The van der Waals surface area contributed by atoms with Gasteiger partial charge in [-0.3, -0.25) is 0 Å². The van der Waals surface area contributed by atoms with Crippen LogP contribution in [0.5, 0.6) is 0 Å². The summed E-state index contributed by atoms with van der Waals surface area (Å²) in [6.45, 7) is 8.99. The van der Waals surface area contributed by atoms with Gasteiger partial charge in [-0.25, -0.2) is 0 Å². The van der Waals surface area contributed by atoms with E-state index in [4.69, 9.17) is 0 Å². The Morgan fingerprint density at radius 1 is 1.17 bits per heavy atom. The summed E-state index contributed by atoms with van der Waals surface area (Å²) in [7, 11) is 0. The van der Waals surface area contributed by atoms with Crippen LogP contribution in [0.2, 0.25) is 0 Å². The highest BCUT2D eigenvalue weighted by Crippen LogP contribution is 2.38. The molecule has 1 aliphatic heterocycles. The first-order chi connectivity index (χ1) is 8.58. The van der Waals surface area contributed by atoms with Gasteiger partial charge in [0.1, 0.15) is 0 Å². The maximum atomic E-state index is 3.73. The standard InChI is InChI=1S/C17H25N/c1-5-7-14-12-17(4,10-6-2)18-16-11-13(3)8-9-15(14)16/h8-9,11-12,18H,5-7,10H2,1-4H3. The van der Waals surface area contributed by atoms with Gasteiger partial charge in [0.25, 0.3) is 0 Å². The van der Waals surface area contributed by atoms with E-state index in [2.05, 4.69) is 57.3 Å². The van der Waals surface area contributed by atoms with Crippen LogP contribution >= 0.6 is 0 Å². The number of aryl methyl sites for hydroxylation is 1. The molecule has 0 fully saturated rings. The number of nitrogens with one attached hydrogen (secondary N) is 1. The predicted molar refractivity (Wildman–Crippen MR) is 81.0 cm³/mol. The molecule has 0 aromatic heterocycles. The molecule has 1 heteroatoms. The summed E-state index contributed by atoms with van der Waals surface area (Å²) in [6, 6.07) is 6.77. The molecular formula is C17H25N. The zero-order valence-electron chi connectivity index (χ0n) is 12.1. The summed E-state index contributed by atoms with van der Waals surface area (Å²) in [6.07, 6.45) is 7.24. The van der Waals surface area contributed by atoms with Crippen molar-refractivity contribution in [3.8, 4) is 0 Å². The highest BCUT2D eigenvalue weighted by Gasteiger charge is 2.27. The lowest BCUT2D eigenvalue weighted by Gasteiger charge is -2.35. The molecule has 0 aliphatic carbocycles. The van der Waals surface area contributed by atoms with Crippen molar-refractivity contribution in [2.75, 3.05) is 5.32 Å². The third-order valence-electron chi connectivity index (χ3n) is 3.72. The Kier molecular flexibility index (Phi) is 3.79. The van der Waals surface area contributed by atoms with Crippen molar-refractivity contribution >= 4 is 11.3 Å². The Hall–Kier alpha value is -1.24. The van der Waals surface area contributed by atoms with Crippen LogP contribution < -0.4 is 5.32 Å². The monoisotopic (exact) mass is 243 g/mol. The molecule has 1 aromatic carbocycles. The third-order valence-corrected chi connectivity index (χ3v) is 3.72. The van der Waals surface area contributed by atoms with Gasteiger partial charge in [0.2, 0.25) is 0 Å². The number of hydrogen-bond donors (Lipinski definition) is 1. The first-order valence-corrected chi connectivity index (χ1v) is 7.19. The normalized spacial score (nSPS) is 22.1. The third kappa shape index (κ3) is 2.60. The van der Waals surface area contributed by atoms with Gasteiger partial charge in [0, 0.05) is 11.3 Å². The van der Waals surface area contributed by atoms with Crippen LogP contribution in [0.4, 0.5) is 5.69 Å². The molecule has 0 radical (unpaired) electrons. The molecule has 0 spiro atoms. The fourth-order valence-corrected chi connectivity index (χ4v) is 2.98. The van der Waals surface area contributed by atoms with E-state index in [1.165, 1.54) is 48.1 Å². The van der Waals surface area contributed by atoms with Crippen LogP contribution in [-0.4, -0.2) is 5.54 Å². The Morgan fingerprint density at radius 2 is 1.94 bits per heavy atom. The van der Waals surface area contributed by atoms with E-state index >= 15 is 0 Å². The van der Waals surface area contributed by atoms with Crippen LogP contribution in [0.3, 0.4) is 0 Å². The molecule has 0 saturated carbocycles. The Bertz CT molecular complexity index is 459. The van der Waals surface area contributed by atoms with Gasteiger partial charge in [-0.15, -0.1) is 0 Å². The van der Waals surface area contributed by atoms with Gasteiger partial charge in [0.05, 0.1) is 5.54 Å². The SMILES string of the molecule is CCCC1=CC(C)(CCC)Nc2cc(C)ccc21. The number of fused-ring (bicyclic) bond motifs is 1. The highest BCUT2D eigenvalue weighted by molar-refractivity contribution is 5.81. The minimum absolute atomic E-state index is 0.125. The highest BCUT2D eigenvalue weighted by atomic mass is 15.0. The average Bonchev–Trinajstić information content (AvgIpc) is 2.28. The second-order valence-electron chi connectivity index (χ2n) is 5.76. The van der Waals surface area contributed by atoms with E-state index in [1.807, 2.05) is 0 Å². The fourth-order valence-electron chi connectivity index (χ4n) is 2.98. The van der Waals surface area contributed by atoms with E-state index in [9.17, 15) is 0 Å². The molecule has 1 aliphatic rings. The van der Waals surface area contributed by atoms with Crippen LogP contribution in [0, 0.1) is 6.92 Å². The maximum absolute atomic E-state index is 3.73. The van der Waals surface area contributed by atoms with Crippen molar-refractivity contribution in [1.82, 2.24) is 0 Å². The zero-order valence-corrected chi connectivity index (χ0v) is 12.1. The number of allylic oxidation sites excluding steroid dienone is 1. The summed E-state index contributed by atoms with van der Waals surface area (Å²) < 4.78 is 0. The van der Waals surface area contributed by atoms with Crippen LogP contribution in [0.25, 0.3) is 5.57 Å². The van der Waals surface area contributed by atoms with Crippen molar-refractivity contribution < 1.29 is 0 Å². The van der Waals surface area contributed by atoms with Crippen molar-refractivity contribution in [2.24, 2.45) is 0 Å². The van der Waals surface area contributed by atoms with Gasteiger partial charge in [0.15, 0.2) is 0 Å². The average molecular weight is 243 g/mol. The quantitative estimate of drug-likeness (QED) is 0.770. The molecular weight excluding hydrogens is 218 g/mol. The lowest BCUT2D eigenvalue weighted by Crippen LogP contribution is -2.35. The van der Waals surface area contributed by atoms with Gasteiger partial charge in [-0.2, -0.15) is 0 Å². The molecule has 1 atom stereocenters. The zero-order chi connectivity index (χ0) is 13.2. The molecule has 1 aromatic rings. The summed E-state index contributed by atoms with van der Waals surface area (Å²) in [5, 5.41) is 3.73. The van der Waals surface area contributed by atoms with Crippen LogP contribution in [0.1, 0.15) is 57.6 Å². The van der Waals surface area contributed by atoms with Crippen LogP contribution in [0.15, 0.2) is 24.3 Å². The van der Waals surface area contributed by atoms with E-state index in [0.717, 1.165) is 0 Å². The summed E-state index contributed by atoms with van der Waals surface area (Å²) in [5.74, 6) is 0. The maximum Gasteiger partial charge on any atom is 0.0534 e. The molecule has 0 amide bonds. The molecule has 1 nitrogen and oxygen atoms in total. The first kappa shape index (κ1) is 13.2. The van der Waals surface area contributed by atoms with Crippen LogP contribution in [-0.2, 0) is 0 Å². The first-order valence-electron chi connectivity index (χ1n) is 7.19. The van der Waals surface area contributed by atoms with Gasteiger partial charge < -0.3 is 5.32 Å². The topological polar surface area (TPSA) is 12.0 Å². The summed E-state index contributed by atoms with van der Waals surface area (Å²) in [5.41, 5.74) is 5.69. The molecule has 0 saturated heterocycles. The molecule has 98 valence electrons. The number of hydrogen-bond acceptors (Lipinski definition) is 1. The van der Waals surface area contributed by atoms with Crippen molar-refractivity contribution in [3.63, 3.8) is 0 Å². The molecule has 2 rings (SSSR count). The van der Waals surface area contributed by atoms with Crippen molar-refractivity contribution in [2.45, 2.75) is 58.9 Å². The Morgan fingerprint density at radius 3 is 2.61 bits per heavy atom. The largest absolute Gasteiger partial charge is 0.376 e. The van der Waals surface area contributed by atoms with E-state index in [-0.39, 0.29) is 5.54 Å². The second kappa shape index (κ2) is 5.17. The molecule has 0 bridgehead atoms. The number of anilines is 1. The second-order valence-corrected chi connectivity index (χ2v) is 5.76. The fraction of sp³-hybridized carbons (Fsp3) is 0.529. The van der Waals surface area contributed by atoms with E-state index < -0.39 is 0 Å². The molecule has 1 N–H and O–H groups in total. The van der Waals surface area contributed by atoms with Gasteiger partial charge in [-0.05, 0) is 43.9 Å². The van der Waals surface area contributed by atoms with E-state index in [0.29, 0.717) is 0 Å². The Balaban J connectivity index is 2.43. The number of rotatable bonds is 4. The predicted octanol–water partition coefficient (Wildman–Crippen LogP) is 5.16. The summed E-state index contributed by atoms with van der Waals surface area (Å²) >= 11 is 0. The van der Waals surface area contributed by atoms with Gasteiger partial charge >= 0.3 is 0 Å². The lowest BCUT2D eigenvalue weighted by molar-refractivity contribution is 0.562. The minimum Gasteiger partial charge on any atom is -0.376 e. The Labute approximate surface area is 111 Å². The summed E-state index contributed by atoms with van der Waals surface area (Å²) in [4.78, 5) is 0.